The van der Waals surface area contributed by atoms with Crippen molar-refractivity contribution in [3.05, 3.63) is 36.3 Å². The molecule has 3 atom stereocenters. The van der Waals surface area contributed by atoms with Crippen molar-refractivity contribution in [3.8, 4) is 11.3 Å². The van der Waals surface area contributed by atoms with Crippen molar-refractivity contribution in [1.82, 2.24) is 20.2 Å². The summed E-state index contributed by atoms with van der Waals surface area (Å²) in [5, 5.41) is 2.67. The van der Waals surface area contributed by atoms with Crippen molar-refractivity contribution in [3.63, 3.8) is 0 Å². The van der Waals surface area contributed by atoms with Gasteiger partial charge in [-0.25, -0.2) is 9.78 Å². The third-order valence-electron chi connectivity index (χ3n) is 7.93. The molecule has 2 aliphatic rings. The molecule has 0 radical (unpaired) electrons. The van der Waals surface area contributed by atoms with Gasteiger partial charge in [0.1, 0.15) is 11.9 Å². The van der Waals surface area contributed by atoms with Crippen molar-refractivity contribution in [2.45, 2.75) is 77.4 Å². The lowest BCUT2D eigenvalue weighted by Gasteiger charge is -2.32. The van der Waals surface area contributed by atoms with E-state index in [1.54, 1.807) is 18.2 Å². The molecule has 0 aliphatic carbocycles. The first-order valence-corrected chi connectivity index (χ1v) is 13.1. The van der Waals surface area contributed by atoms with Crippen LogP contribution in [0.4, 0.5) is 4.79 Å². The molecule has 2 fully saturated rings. The minimum Gasteiger partial charge on any atom is -0.453 e. The van der Waals surface area contributed by atoms with Crippen molar-refractivity contribution in [2.24, 2.45) is 5.92 Å². The fourth-order valence-electron chi connectivity index (χ4n) is 4.80. The number of ether oxygens (including phenoxy) is 2. The number of imidazole rings is 1. The first-order chi connectivity index (χ1) is 17.9. The van der Waals surface area contributed by atoms with Gasteiger partial charge >= 0.3 is 13.2 Å². The van der Waals surface area contributed by atoms with E-state index in [4.69, 9.17) is 18.8 Å². The Labute approximate surface area is 224 Å². The van der Waals surface area contributed by atoms with Gasteiger partial charge in [0.15, 0.2) is 0 Å². The van der Waals surface area contributed by atoms with Crippen LogP contribution in [-0.2, 0) is 23.6 Å². The summed E-state index contributed by atoms with van der Waals surface area (Å²) in [6.45, 7) is 12.3. The van der Waals surface area contributed by atoms with Gasteiger partial charge < -0.3 is 34.0 Å². The van der Waals surface area contributed by atoms with Crippen molar-refractivity contribution in [1.29, 1.82) is 0 Å². The van der Waals surface area contributed by atoms with E-state index >= 15 is 0 Å². The fourth-order valence-corrected chi connectivity index (χ4v) is 4.80. The highest BCUT2D eigenvalue weighted by molar-refractivity contribution is 6.62. The van der Waals surface area contributed by atoms with Crippen molar-refractivity contribution in [2.75, 3.05) is 20.8 Å². The van der Waals surface area contributed by atoms with Crippen LogP contribution in [0.15, 0.2) is 30.5 Å². The highest BCUT2D eigenvalue weighted by Crippen LogP contribution is 2.37. The highest BCUT2D eigenvalue weighted by Gasteiger charge is 2.51. The molecule has 1 aromatic heterocycles. The van der Waals surface area contributed by atoms with Crippen LogP contribution in [0, 0.1) is 5.92 Å². The monoisotopic (exact) mass is 526 g/mol. The van der Waals surface area contributed by atoms with Crippen LogP contribution in [0.3, 0.4) is 0 Å². The predicted octanol–water partition coefficient (Wildman–Crippen LogP) is 3.04. The van der Waals surface area contributed by atoms with E-state index in [2.05, 4.69) is 15.3 Å². The zero-order valence-corrected chi connectivity index (χ0v) is 23.5. The first-order valence-electron chi connectivity index (χ1n) is 13.1. The van der Waals surface area contributed by atoms with Gasteiger partial charge in [-0.1, -0.05) is 38.1 Å². The average molecular weight is 526 g/mol. The summed E-state index contributed by atoms with van der Waals surface area (Å²) < 4.78 is 22.7. The smallest absolute Gasteiger partial charge is 0.453 e. The molecule has 3 unspecified atom stereocenters. The summed E-state index contributed by atoms with van der Waals surface area (Å²) in [6, 6.07) is 6.96. The molecule has 10 nitrogen and oxygen atoms in total. The molecule has 4 rings (SSSR count). The molecule has 1 aromatic carbocycles. The molecule has 38 heavy (non-hydrogen) atoms. The zero-order valence-electron chi connectivity index (χ0n) is 23.5. The second-order valence-corrected chi connectivity index (χ2v) is 11.3. The number of methoxy groups -OCH3 is 2. The Morgan fingerprint density at radius 2 is 1.76 bits per heavy atom. The molecule has 2 saturated heterocycles. The lowest BCUT2D eigenvalue weighted by atomic mass is 9.79. The van der Waals surface area contributed by atoms with Gasteiger partial charge in [-0.3, -0.25) is 4.79 Å². The Hall–Kier alpha value is -2.89. The van der Waals surface area contributed by atoms with Crippen LogP contribution in [0.5, 0.6) is 0 Å². The number of rotatable bonds is 7. The number of aromatic amines is 1. The summed E-state index contributed by atoms with van der Waals surface area (Å²) in [7, 11) is 2.49. The fraction of sp³-hybridized carbons (Fsp3) is 0.593. The lowest BCUT2D eigenvalue weighted by Crippen LogP contribution is -2.51. The third-order valence-corrected chi connectivity index (χ3v) is 7.93. The summed E-state index contributed by atoms with van der Waals surface area (Å²) in [6.07, 6.45) is 1.59. The second-order valence-electron chi connectivity index (χ2n) is 11.3. The van der Waals surface area contributed by atoms with Gasteiger partial charge in [0.05, 0.1) is 42.3 Å². The van der Waals surface area contributed by atoms with Crippen LogP contribution < -0.4 is 10.8 Å². The van der Waals surface area contributed by atoms with Crippen molar-refractivity contribution >= 4 is 24.6 Å². The Kier molecular flexibility index (Phi) is 7.93. The van der Waals surface area contributed by atoms with Crippen LogP contribution in [-0.4, -0.2) is 78.1 Å². The van der Waals surface area contributed by atoms with Crippen LogP contribution in [0.25, 0.3) is 11.3 Å². The molecule has 2 N–H and O–H groups in total. The molecule has 2 amide bonds. The molecule has 3 heterocycles. The van der Waals surface area contributed by atoms with E-state index in [1.807, 2.05) is 65.8 Å². The molecule has 206 valence electrons. The van der Waals surface area contributed by atoms with E-state index in [0.29, 0.717) is 18.8 Å². The molecule has 2 aliphatic heterocycles. The summed E-state index contributed by atoms with van der Waals surface area (Å²) in [4.78, 5) is 35.2. The maximum absolute atomic E-state index is 13.5. The molecular formula is C27H39BN4O6. The van der Waals surface area contributed by atoms with Crippen LogP contribution >= 0.6 is 0 Å². The highest BCUT2D eigenvalue weighted by atomic mass is 16.7. The number of likely N-dealkylation sites (tertiary alicyclic amines) is 1. The maximum Gasteiger partial charge on any atom is 0.494 e. The Bertz CT molecular complexity index is 1130. The zero-order chi connectivity index (χ0) is 27.8. The number of hydrogen-bond donors (Lipinski definition) is 2. The van der Waals surface area contributed by atoms with Gasteiger partial charge in [0.2, 0.25) is 5.91 Å². The lowest BCUT2D eigenvalue weighted by molar-refractivity contribution is -0.135. The number of alkyl carbamates (subject to hydrolysis) is 1. The Balaban J connectivity index is 1.53. The summed E-state index contributed by atoms with van der Waals surface area (Å²) >= 11 is 0. The second kappa shape index (κ2) is 10.7. The van der Waals surface area contributed by atoms with Gasteiger partial charge in [0.25, 0.3) is 0 Å². The minimum atomic E-state index is -0.725. The van der Waals surface area contributed by atoms with Gasteiger partial charge in [-0.05, 0) is 44.6 Å². The average Bonchev–Trinajstić information content (AvgIpc) is 3.57. The van der Waals surface area contributed by atoms with E-state index in [0.717, 1.165) is 16.7 Å². The van der Waals surface area contributed by atoms with Gasteiger partial charge in [-0.2, -0.15) is 0 Å². The molecule has 2 aromatic rings. The number of H-pyrrole nitrogens is 1. The van der Waals surface area contributed by atoms with Crippen molar-refractivity contribution < 1.29 is 28.4 Å². The van der Waals surface area contributed by atoms with E-state index in [-0.39, 0.29) is 24.0 Å². The summed E-state index contributed by atoms with van der Waals surface area (Å²) in [5.74, 6) is 0.349. The predicted molar refractivity (Wildman–Crippen MR) is 144 cm³/mol. The van der Waals surface area contributed by atoms with E-state index in [1.165, 1.54) is 7.11 Å². The van der Waals surface area contributed by atoms with Crippen LogP contribution in [0.1, 0.15) is 59.8 Å². The quantitative estimate of drug-likeness (QED) is 0.533. The number of hydrogen-bond acceptors (Lipinski definition) is 7. The number of nitrogens with zero attached hydrogens (tertiary/aromatic N) is 2. The number of carbonyl (C=O) groups excluding carboxylic acids is 2. The SMILES string of the molecule is COC(=O)NC(C(=O)N1CC(OC)CC1c1ncc(-c2ccc(B3OC(C)(C)C(C)(C)O3)cc2)[nH]1)C(C)C. The number of benzene rings is 1. The largest absolute Gasteiger partial charge is 0.494 e. The van der Waals surface area contributed by atoms with Gasteiger partial charge in [-0.15, -0.1) is 0 Å². The molecular weight excluding hydrogens is 487 g/mol. The van der Waals surface area contributed by atoms with E-state index < -0.39 is 30.5 Å². The Morgan fingerprint density at radius 1 is 1.13 bits per heavy atom. The number of carbonyl (C=O) groups is 2. The van der Waals surface area contributed by atoms with Crippen LogP contribution in [0.2, 0.25) is 0 Å². The Morgan fingerprint density at radius 3 is 2.32 bits per heavy atom. The molecule has 0 bridgehead atoms. The third kappa shape index (κ3) is 5.46. The van der Waals surface area contributed by atoms with E-state index in [9.17, 15) is 9.59 Å². The minimum absolute atomic E-state index is 0.126. The standard InChI is InChI=1S/C27H39BN4O6/c1-16(2)22(31-25(34)36-8)24(33)32-15-19(35-7)13-21(32)23-29-14-20(30-23)17-9-11-18(12-10-17)28-37-26(3,4)27(5,6)38-28/h9-12,14,16,19,21-22H,13,15H2,1-8H3,(H,29,30)(H,31,34). The molecule has 11 heteroatoms. The topological polar surface area (TPSA) is 115 Å². The number of aromatic nitrogens is 2. The maximum atomic E-state index is 13.5. The number of amides is 2. The normalized spacial score (nSPS) is 23.1. The summed E-state index contributed by atoms with van der Waals surface area (Å²) in [5.41, 5.74) is 1.93. The van der Waals surface area contributed by atoms with Gasteiger partial charge in [0, 0.05) is 20.1 Å². The molecule has 0 spiro atoms. The molecule has 0 saturated carbocycles. The first kappa shape index (κ1) is 28.1. The number of nitrogens with one attached hydrogen (secondary N) is 2.